The number of Topliss-reactive ketones (excluding diaryl/α,β-unsaturated/α-hetero) is 2. The van der Waals surface area contributed by atoms with E-state index in [1.54, 1.807) is 0 Å². The lowest BCUT2D eigenvalue weighted by Gasteiger charge is -2.33. The monoisotopic (exact) mass is 309 g/mol. The summed E-state index contributed by atoms with van der Waals surface area (Å²) in [5.41, 5.74) is 0.468. The van der Waals surface area contributed by atoms with Gasteiger partial charge in [-0.3, -0.25) is 9.59 Å². The van der Waals surface area contributed by atoms with Crippen molar-refractivity contribution >= 4 is 21.6 Å². The van der Waals surface area contributed by atoms with E-state index >= 15 is 0 Å². The van der Waals surface area contributed by atoms with Crippen LogP contribution in [0, 0.1) is 0 Å². The van der Waals surface area contributed by atoms with Crippen molar-refractivity contribution in [3.63, 3.8) is 0 Å². The summed E-state index contributed by atoms with van der Waals surface area (Å²) in [6.45, 7) is 3.22. The first-order valence-electron chi connectivity index (χ1n) is 6.97. The van der Waals surface area contributed by atoms with E-state index in [0.717, 1.165) is 12.8 Å². The minimum absolute atomic E-state index is 0.112. The highest BCUT2D eigenvalue weighted by Crippen LogP contribution is 2.26. The van der Waals surface area contributed by atoms with E-state index in [0.29, 0.717) is 18.5 Å². The van der Waals surface area contributed by atoms with Crippen LogP contribution in [0.15, 0.2) is 29.2 Å². The normalized spacial score (nSPS) is 20.2. The minimum atomic E-state index is -3.70. The van der Waals surface area contributed by atoms with Gasteiger partial charge in [0, 0.05) is 12.1 Å². The van der Waals surface area contributed by atoms with Crippen LogP contribution in [0.2, 0.25) is 0 Å². The first-order valence-corrected chi connectivity index (χ1v) is 8.41. The first-order chi connectivity index (χ1) is 9.84. The van der Waals surface area contributed by atoms with Crippen LogP contribution in [0.3, 0.4) is 0 Å². The Hall–Kier alpha value is -1.53. The highest BCUT2D eigenvalue weighted by molar-refractivity contribution is 7.89. The number of rotatable bonds is 4. The Balaban J connectivity index is 2.35. The maximum Gasteiger partial charge on any atom is 0.243 e. The molecule has 0 radical (unpaired) electrons. The van der Waals surface area contributed by atoms with Crippen LogP contribution in [-0.2, 0) is 14.8 Å². The molecule has 0 spiro atoms. The van der Waals surface area contributed by atoms with Gasteiger partial charge in [0.15, 0.2) is 5.78 Å². The zero-order valence-electron chi connectivity index (χ0n) is 12.2. The highest BCUT2D eigenvalue weighted by atomic mass is 32.2. The standard InChI is InChI=1S/C15H19NO4S/c1-11(17)13-6-8-14(9-7-13)21(19,20)16-10-4-3-5-15(16)12(2)18/h6-9,15H,3-5,10H2,1-2H3. The fourth-order valence-corrected chi connectivity index (χ4v) is 4.31. The molecule has 1 aromatic rings. The van der Waals surface area contributed by atoms with Gasteiger partial charge in [-0.25, -0.2) is 8.42 Å². The topological polar surface area (TPSA) is 71.5 Å². The quantitative estimate of drug-likeness (QED) is 0.798. The van der Waals surface area contributed by atoms with Gasteiger partial charge in [0.05, 0.1) is 10.9 Å². The Kier molecular flexibility index (Phi) is 4.58. The summed E-state index contributed by atoms with van der Waals surface area (Å²) in [4.78, 5) is 23.1. The van der Waals surface area contributed by atoms with Crippen molar-refractivity contribution in [3.8, 4) is 0 Å². The highest BCUT2D eigenvalue weighted by Gasteiger charge is 2.35. The maximum atomic E-state index is 12.7. The predicted molar refractivity (Wildman–Crippen MR) is 78.7 cm³/mol. The molecule has 1 unspecified atom stereocenters. The molecule has 1 heterocycles. The molecule has 0 bridgehead atoms. The zero-order chi connectivity index (χ0) is 15.6. The van der Waals surface area contributed by atoms with Gasteiger partial charge in [0.1, 0.15) is 5.78 Å². The molecule has 1 aliphatic heterocycles. The van der Waals surface area contributed by atoms with Crippen molar-refractivity contribution in [1.29, 1.82) is 0 Å². The number of piperidine rings is 1. The van der Waals surface area contributed by atoms with Crippen molar-refractivity contribution in [2.45, 2.75) is 44.0 Å². The van der Waals surface area contributed by atoms with Crippen LogP contribution >= 0.6 is 0 Å². The molecule has 0 amide bonds. The molecule has 114 valence electrons. The number of carbonyl (C=O) groups excluding carboxylic acids is 2. The van der Waals surface area contributed by atoms with E-state index in [-0.39, 0.29) is 16.5 Å². The van der Waals surface area contributed by atoms with Crippen LogP contribution < -0.4 is 0 Å². The third kappa shape index (κ3) is 3.22. The summed E-state index contributed by atoms with van der Waals surface area (Å²) >= 11 is 0. The molecule has 1 aliphatic rings. The molecule has 0 aromatic heterocycles. The van der Waals surface area contributed by atoms with E-state index in [2.05, 4.69) is 0 Å². The average molecular weight is 309 g/mol. The van der Waals surface area contributed by atoms with E-state index in [9.17, 15) is 18.0 Å². The molecule has 1 aromatic carbocycles. The molecule has 1 fully saturated rings. The van der Waals surface area contributed by atoms with Gasteiger partial charge in [0.2, 0.25) is 10.0 Å². The summed E-state index contributed by atoms with van der Waals surface area (Å²) in [6.07, 6.45) is 2.19. The minimum Gasteiger partial charge on any atom is -0.298 e. The summed E-state index contributed by atoms with van der Waals surface area (Å²) in [5, 5.41) is 0. The second-order valence-corrected chi connectivity index (χ2v) is 7.21. The fraction of sp³-hybridized carbons (Fsp3) is 0.467. The molecule has 2 rings (SSSR count). The Morgan fingerprint density at radius 3 is 2.24 bits per heavy atom. The summed E-state index contributed by atoms with van der Waals surface area (Å²) in [6, 6.07) is 5.29. The number of sulfonamides is 1. The Morgan fingerprint density at radius 2 is 1.71 bits per heavy atom. The number of hydrogen-bond donors (Lipinski definition) is 0. The van der Waals surface area contributed by atoms with Gasteiger partial charge in [0.25, 0.3) is 0 Å². The fourth-order valence-electron chi connectivity index (χ4n) is 2.60. The molecule has 0 aliphatic carbocycles. The van der Waals surface area contributed by atoms with Crippen molar-refractivity contribution < 1.29 is 18.0 Å². The van der Waals surface area contributed by atoms with Crippen molar-refractivity contribution in [3.05, 3.63) is 29.8 Å². The molecule has 5 nitrogen and oxygen atoms in total. The van der Waals surface area contributed by atoms with Crippen LogP contribution in [0.5, 0.6) is 0 Å². The van der Waals surface area contributed by atoms with Gasteiger partial charge < -0.3 is 0 Å². The van der Waals surface area contributed by atoms with Crippen molar-refractivity contribution in [1.82, 2.24) is 4.31 Å². The summed E-state index contributed by atoms with van der Waals surface area (Å²) in [5.74, 6) is -0.239. The van der Waals surface area contributed by atoms with Crippen LogP contribution in [0.25, 0.3) is 0 Å². The molecule has 0 saturated carbocycles. The second-order valence-electron chi connectivity index (χ2n) is 5.32. The van der Waals surface area contributed by atoms with Gasteiger partial charge in [-0.1, -0.05) is 18.6 Å². The van der Waals surface area contributed by atoms with Gasteiger partial charge in [-0.15, -0.1) is 0 Å². The number of benzene rings is 1. The lowest BCUT2D eigenvalue weighted by molar-refractivity contribution is -0.121. The smallest absolute Gasteiger partial charge is 0.243 e. The van der Waals surface area contributed by atoms with Gasteiger partial charge in [-0.05, 0) is 38.8 Å². The van der Waals surface area contributed by atoms with Gasteiger partial charge in [-0.2, -0.15) is 4.31 Å². The van der Waals surface area contributed by atoms with Gasteiger partial charge >= 0.3 is 0 Å². The molecular formula is C15H19NO4S. The van der Waals surface area contributed by atoms with E-state index in [1.165, 1.54) is 42.4 Å². The van der Waals surface area contributed by atoms with Crippen LogP contribution in [0.4, 0.5) is 0 Å². The first kappa shape index (κ1) is 15.9. The van der Waals surface area contributed by atoms with E-state index in [1.807, 2.05) is 0 Å². The number of nitrogens with zero attached hydrogens (tertiary/aromatic N) is 1. The van der Waals surface area contributed by atoms with Crippen molar-refractivity contribution in [2.24, 2.45) is 0 Å². The average Bonchev–Trinajstić information content (AvgIpc) is 2.47. The lowest BCUT2D eigenvalue weighted by atomic mass is 10.0. The molecule has 1 saturated heterocycles. The number of carbonyl (C=O) groups is 2. The van der Waals surface area contributed by atoms with E-state index < -0.39 is 16.1 Å². The van der Waals surface area contributed by atoms with Crippen LogP contribution in [-0.4, -0.2) is 36.9 Å². The largest absolute Gasteiger partial charge is 0.298 e. The zero-order valence-corrected chi connectivity index (χ0v) is 13.0. The second kappa shape index (κ2) is 6.07. The molecule has 1 atom stereocenters. The molecule has 21 heavy (non-hydrogen) atoms. The van der Waals surface area contributed by atoms with Crippen LogP contribution in [0.1, 0.15) is 43.5 Å². The lowest BCUT2D eigenvalue weighted by Crippen LogP contribution is -2.47. The third-order valence-electron chi connectivity index (χ3n) is 3.79. The SMILES string of the molecule is CC(=O)c1ccc(S(=O)(=O)N2CCCCC2C(C)=O)cc1. The molecule has 0 N–H and O–H groups in total. The Labute approximate surface area is 125 Å². The number of hydrogen-bond acceptors (Lipinski definition) is 4. The predicted octanol–water partition coefficient (Wildman–Crippen LogP) is 2.02. The Bertz CT molecular complexity index is 649. The summed E-state index contributed by atoms with van der Waals surface area (Å²) < 4.78 is 26.6. The summed E-state index contributed by atoms with van der Waals surface area (Å²) in [7, 11) is -3.70. The molecular weight excluding hydrogens is 290 g/mol. The Morgan fingerprint density at radius 1 is 1.10 bits per heavy atom. The van der Waals surface area contributed by atoms with E-state index in [4.69, 9.17) is 0 Å². The third-order valence-corrected chi connectivity index (χ3v) is 5.71. The van der Waals surface area contributed by atoms with Crippen molar-refractivity contribution in [2.75, 3.05) is 6.54 Å². The number of ketones is 2. The molecule has 6 heteroatoms. The maximum absolute atomic E-state index is 12.7.